The predicted molar refractivity (Wildman–Crippen MR) is 37.9 cm³/mol. The van der Waals surface area contributed by atoms with Crippen molar-refractivity contribution < 1.29 is 5.26 Å². The molecular weight excluding hydrogens is 132 g/mol. The SMILES string of the molecule is Cc1ccccc1.O=[O+][O-]. The number of hydrogen-bond donors (Lipinski definition) is 0. The quantitative estimate of drug-likeness (QED) is 0.305. The molecule has 1 aromatic rings. The lowest BCUT2D eigenvalue weighted by atomic mass is 10.2. The van der Waals surface area contributed by atoms with E-state index in [2.05, 4.69) is 19.1 Å². The van der Waals surface area contributed by atoms with Crippen molar-refractivity contribution in [2.75, 3.05) is 0 Å². The Kier molecular flexibility index (Phi) is 4.96. The maximum absolute atomic E-state index is 7.88. The molecule has 0 saturated heterocycles. The van der Waals surface area contributed by atoms with Crippen molar-refractivity contribution in [1.29, 1.82) is 0 Å². The van der Waals surface area contributed by atoms with E-state index in [0.29, 0.717) is 0 Å². The van der Waals surface area contributed by atoms with Crippen LogP contribution < -0.4 is 5.26 Å². The summed E-state index contributed by atoms with van der Waals surface area (Å²) >= 11 is 0. The normalized spacial score (nSPS) is 7.30. The Morgan fingerprint density at radius 1 is 1.30 bits per heavy atom. The third-order valence-electron chi connectivity index (χ3n) is 0.940. The van der Waals surface area contributed by atoms with E-state index < -0.39 is 0 Å². The predicted octanol–water partition coefficient (Wildman–Crippen LogP) is 0.873. The number of aryl methyl sites for hydroxylation is 1. The summed E-state index contributed by atoms with van der Waals surface area (Å²) in [7, 11) is 0. The molecule has 0 amide bonds. The summed E-state index contributed by atoms with van der Waals surface area (Å²) in [5.74, 6) is 0. The van der Waals surface area contributed by atoms with Gasteiger partial charge in [0.1, 0.15) is 0 Å². The van der Waals surface area contributed by atoms with Crippen LogP contribution in [0.25, 0.3) is 0 Å². The van der Waals surface area contributed by atoms with Gasteiger partial charge in [-0.15, -0.1) is 0 Å². The van der Waals surface area contributed by atoms with Crippen LogP contribution in [0.5, 0.6) is 0 Å². The molecule has 1 aromatic carbocycles. The van der Waals surface area contributed by atoms with Crippen molar-refractivity contribution in [3.63, 3.8) is 0 Å². The molecule has 0 radical (unpaired) electrons. The molecule has 0 aromatic heterocycles. The molecule has 0 aliphatic rings. The van der Waals surface area contributed by atoms with Gasteiger partial charge >= 0.3 is 0 Å². The number of rotatable bonds is 0. The Hall–Kier alpha value is -1.38. The van der Waals surface area contributed by atoms with Gasteiger partial charge in [0.15, 0.2) is 4.75 Å². The van der Waals surface area contributed by atoms with Crippen LogP contribution >= 0.6 is 0 Å². The van der Waals surface area contributed by atoms with Gasteiger partial charge in [-0.2, -0.15) is 0 Å². The Morgan fingerprint density at radius 3 is 1.90 bits per heavy atom. The molecule has 0 unspecified atom stereocenters. The standard InChI is InChI=1S/C7H8.O3/c1-7-5-3-2-4-6-7;1-3-2/h2-6H,1H3;. The lowest BCUT2D eigenvalue weighted by Crippen LogP contribution is -1.82. The zero-order chi connectivity index (χ0) is 7.82. The van der Waals surface area contributed by atoms with Crippen LogP contribution in [0.2, 0.25) is 0 Å². The molecule has 0 atom stereocenters. The third-order valence-corrected chi connectivity index (χ3v) is 0.940. The number of benzene rings is 1. The molecule has 0 spiro atoms. The van der Waals surface area contributed by atoms with Gasteiger partial charge in [0, 0.05) is 0 Å². The van der Waals surface area contributed by atoms with Gasteiger partial charge in [-0.1, -0.05) is 46.1 Å². The van der Waals surface area contributed by atoms with E-state index in [1.165, 1.54) is 5.56 Å². The fraction of sp³-hybridized carbons (Fsp3) is 0.143. The van der Waals surface area contributed by atoms with Gasteiger partial charge in [0.25, 0.3) is 0 Å². The Labute approximate surface area is 58.8 Å². The second-order valence-electron chi connectivity index (χ2n) is 1.72. The van der Waals surface area contributed by atoms with Crippen LogP contribution in [0.3, 0.4) is 0 Å². The Balaban J connectivity index is 0.000000236. The first-order valence-corrected chi connectivity index (χ1v) is 2.74. The van der Waals surface area contributed by atoms with Crippen LogP contribution in [0.1, 0.15) is 5.56 Å². The van der Waals surface area contributed by atoms with E-state index in [1.54, 1.807) is 4.75 Å². The molecule has 0 saturated carbocycles. The molecule has 10 heavy (non-hydrogen) atoms. The zero-order valence-electron chi connectivity index (χ0n) is 5.61. The van der Waals surface area contributed by atoms with Crippen molar-refractivity contribution in [3.8, 4) is 0 Å². The lowest BCUT2D eigenvalue weighted by Gasteiger charge is -1.82. The summed E-state index contributed by atoms with van der Waals surface area (Å²) in [5.41, 5.74) is 1.32. The maximum atomic E-state index is 7.88. The average Bonchev–Trinajstić information content (AvgIpc) is 1.91. The van der Waals surface area contributed by atoms with Crippen molar-refractivity contribution in [2.24, 2.45) is 0 Å². The number of hydrogen-bond acceptors (Lipinski definition) is 2. The first-order valence-electron chi connectivity index (χ1n) is 2.74. The van der Waals surface area contributed by atoms with Crippen LogP contribution in [-0.2, 0) is 0 Å². The lowest BCUT2D eigenvalue weighted by molar-refractivity contribution is -0.284. The highest BCUT2D eigenvalue weighted by molar-refractivity contribution is 5.11. The molecule has 54 valence electrons. The van der Waals surface area contributed by atoms with Gasteiger partial charge in [-0.3, -0.25) is 0 Å². The molecular formula is C7H8O3. The summed E-state index contributed by atoms with van der Waals surface area (Å²) in [5, 5.41) is 7.88. The summed E-state index contributed by atoms with van der Waals surface area (Å²) < 4.78 is 1.75. The largest absolute Gasteiger partial charge is 0.154 e. The van der Waals surface area contributed by atoms with E-state index in [-0.39, 0.29) is 0 Å². The summed E-state index contributed by atoms with van der Waals surface area (Å²) in [4.78, 5) is 7.88. The third kappa shape index (κ3) is 4.77. The molecule has 3 heteroatoms. The maximum Gasteiger partial charge on any atom is 0.154 e. The van der Waals surface area contributed by atoms with Crippen LogP contribution in [0, 0.1) is 16.6 Å². The van der Waals surface area contributed by atoms with Crippen molar-refractivity contribution in [2.45, 2.75) is 6.92 Å². The highest BCUT2D eigenvalue weighted by Crippen LogP contribution is 1.92. The molecule has 0 aliphatic heterocycles. The highest BCUT2D eigenvalue weighted by Gasteiger charge is 1.72. The van der Waals surface area contributed by atoms with Gasteiger partial charge in [-0.05, 0) is 6.92 Å². The van der Waals surface area contributed by atoms with Crippen molar-refractivity contribution >= 4 is 0 Å². The minimum atomic E-state index is 1.32. The molecule has 1 rings (SSSR count). The van der Waals surface area contributed by atoms with Gasteiger partial charge in [0.2, 0.25) is 0 Å². The Morgan fingerprint density at radius 2 is 1.70 bits per heavy atom. The van der Waals surface area contributed by atoms with E-state index in [0.717, 1.165) is 0 Å². The minimum absolute atomic E-state index is 1.32. The summed E-state index contributed by atoms with van der Waals surface area (Å²) in [6, 6.07) is 10.3. The second-order valence-corrected chi connectivity index (χ2v) is 1.72. The van der Waals surface area contributed by atoms with Crippen LogP contribution in [0.15, 0.2) is 30.3 Å². The molecule has 0 heterocycles. The monoisotopic (exact) mass is 140 g/mol. The first kappa shape index (κ1) is 8.62. The van der Waals surface area contributed by atoms with Crippen molar-refractivity contribution in [1.82, 2.24) is 0 Å². The molecule has 0 bridgehead atoms. The van der Waals surface area contributed by atoms with E-state index >= 15 is 0 Å². The molecule has 0 N–H and O–H groups in total. The van der Waals surface area contributed by atoms with Crippen molar-refractivity contribution in [3.05, 3.63) is 45.6 Å². The first-order chi connectivity index (χ1) is 4.81. The zero-order valence-corrected chi connectivity index (χ0v) is 5.61. The summed E-state index contributed by atoms with van der Waals surface area (Å²) in [6.45, 7) is 2.08. The minimum Gasteiger partial charge on any atom is -0.0772 e. The molecule has 0 fully saturated rings. The van der Waals surface area contributed by atoms with E-state index in [1.807, 2.05) is 18.2 Å². The Bertz CT molecular complexity index is 171. The average molecular weight is 140 g/mol. The van der Waals surface area contributed by atoms with Crippen LogP contribution in [0.4, 0.5) is 0 Å². The molecule has 0 aliphatic carbocycles. The summed E-state index contributed by atoms with van der Waals surface area (Å²) in [6.07, 6.45) is 0. The van der Waals surface area contributed by atoms with E-state index in [4.69, 9.17) is 10.2 Å². The highest BCUT2D eigenvalue weighted by atomic mass is 17.2. The fourth-order valence-electron chi connectivity index (χ4n) is 0.534. The smallest absolute Gasteiger partial charge is 0.0772 e. The molecule has 3 nitrogen and oxygen atoms in total. The van der Waals surface area contributed by atoms with E-state index in [9.17, 15) is 0 Å². The van der Waals surface area contributed by atoms with Gasteiger partial charge < -0.3 is 0 Å². The van der Waals surface area contributed by atoms with Crippen LogP contribution in [-0.4, -0.2) is 0 Å². The topological polar surface area (TPSA) is 51.4 Å². The second kappa shape index (κ2) is 5.75. The van der Waals surface area contributed by atoms with Gasteiger partial charge in [0.05, 0.1) is 0 Å². The fourth-order valence-corrected chi connectivity index (χ4v) is 0.534. The van der Waals surface area contributed by atoms with Gasteiger partial charge in [-0.25, -0.2) is 0 Å².